The normalized spacial score (nSPS) is 21.4. The molecule has 5 heteroatoms. The molecule has 1 atom stereocenters. The lowest BCUT2D eigenvalue weighted by Gasteiger charge is -2.29. The summed E-state index contributed by atoms with van der Waals surface area (Å²) in [6.07, 6.45) is 3.15. The maximum atomic E-state index is 12.8. The number of hydrogen-bond acceptors (Lipinski definition) is 3. The van der Waals surface area contributed by atoms with Crippen LogP contribution in [-0.2, 0) is 0 Å². The number of hydrogen-bond donors (Lipinski definition) is 0. The number of fused-ring (bicyclic) bond motifs is 1. The number of imide groups is 1. The zero-order valence-corrected chi connectivity index (χ0v) is 15.5. The van der Waals surface area contributed by atoms with E-state index < -0.39 is 5.54 Å². The van der Waals surface area contributed by atoms with E-state index in [1.54, 1.807) is 18.2 Å². The molecule has 134 valence electrons. The summed E-state index contributed by atoms with van der Waals surface area (Å²) in [5, 5.41) is 0. The van der Waals surface area contributed by atoms with Gasteiger partial charge in [-0.3, -0.25) is 19.3 Å². The molecule has 1 saturated heterocycles. The van der Waals surface area contributed by atoms with Crippen LogP contribution in [0.4, 0.5) is 0 Å². The Morgan fingerprint density at radius 1 is 1.04 bits per heavy atom. The summed E-state index contributed by atoms with van der Waals surface area (Å²) < 4.78 is 0. The van der Waals surface area contributed by atoms with E-state index in [2.05, 4.69) is 6.92 Å². The second kappa shape index (κ2) is 6.28. The van der Waals surface area contributed by atoms with Crippen molar-refractivity contribution in [1.82, 2.24) is 9.80 Å². The monoisotopic (exact) mass is 342 g/mol. The van der Waals surface area contributed by atoms with Gasteiger partial charge in [-0.15, -0.1) is 0 Å². The summed E-state index contributed by atoms with van der Waals surface area (Å²) in [5.74, 6) is -0.00884. The van der Waals surface area contributed by atoms with Crippen molar-refractivity contribution in [2.24, 2.45) is 5.92 Å². The number of carbonyl (C=O) groups is 3. The Kier molecular flexibility index (Phi) is 4.43. The predicted octanol–water partition coefficient (Wildman–Crippen LogP) is 3.34. The first-order chi connectivity index (χ1) is 11.7. The molecule has 3 rings (SSSR count). The predicted molar refractivity (Wildman–Crippen MR) is 95.6 cm³/mol. The van der Waals surface area contributed by atoms with E-state index in [-0.39, 0.29) is 17.7 Å². The molecule has 0 bridgehead atoms. The highest BCUT2D eigenvalue weighted by Crippen LogP contribution is 2.30. The molecule has 0 saturated carbocycles. The highest BCUT2D eigenvalue weighted by molar-refractivity contribution is 6.22. The van der Waals surface area contributed by atoms with Crippen molar-refractivity contribution in [3.8, 4) is 0 Å². The molecule has 5 nitrogen and oxygen atoms in total. The smallest absolute Gasteiger partial charge is 0.262 e. The van der Waals surface area contributed by atoms with Crippen LogP contribution in [0.15, 0.2) is 18.2 Å². The third-order valence-electron chi connectivity index (χ3n) is 5.11. The molecule has 2 aliphatic rings. The minimum absolute atomic E-state index is 0.0497. The molecule has 0 radical (unpaired) electrons. The molecule has 1 aromatic rings. The van der Waals surface area contributed by atoms with E-state index in [0.29, 0.717) is 22.6 Å². The first-order valence-electron chi connectivity index (χ1n) is 9.02. The Balaban J connectivity index is 1.88. The zero-order chi connectivity index (χ0) is 18.4. The van der Waals surface area contributed by atoms with Gasteiger partial charge in [0, 0.05) is 24.2 Å². The van der Waals surface area contributed by atoms with Crippen LogP contribution in [0.5, 0.6) is 0 Å². The molecule has 1 fully saturated rings. The summed E-state index contributed by atoms with van der Waals surface area (Å²) in [6.45, 7) is 9.21. The minimum atomic E-state index is -0.585. The third-order valence-corrected chi connectivity index (χ3v) is 5.11. The molecule has 0 N–H and O–H groups in total. The Hall–Kier alpha value is -2.17. The fourth-order valence-corrected chi connectivity index (χ4v) is 3.63. The molecule has 0 spiro atoms. The summed E-state index contributed by atoms with van der Waals surface area (Å²) in [7, 11) is 0. The van der Waals surface area contributed by atoms with Gasteiger partial charge in [0.2, 0.25) is 0 Å². The topological polar surface area (TPSA) is 57.7 Å². The van der Waals surface area contributed by atoms with E-state index in [1.807, 2.05) is 25.7 Å². The average Bonchev–Trinajstić information content (AvgIpc) is 2.69. The number of rotatable bonds is 1. The highest BCUT2D eigenvalue weighted by atomic mass is 16.2. The van der Waals surface area contributed by atoms with Gasteiger partial charge in [0.05, 0.1) is 11.1 Å². The van der Waals surface area contributed by atoms with Crippen molar-refractivity contribution in [3.05, 3.63) is 34.9 Å². The molecule has 25 heavy (non-hydrogen) atoms. The molecule has 0 aromatic heterocycles. The average molecular weight is 342 g/mol. The van der Waals surface area contributed by atoms with Crippen molar-refractivity contribution >= 4 is 17.7 Å². The lowest BCUT2D eigenvalue weighted by atomic mass is 10.0. The Bertz CT molecular complexity index is 733. The lowest BCUT2D eigenvalue weighted by molar-refractivity contribution is 0.0507. The van der Waals surface area contributed by atoms with Gasteiger partial charge in [0.25, 0.3) is 17.7 Å². The van der Waals surface area contributed by atoms with Gasteiger partial charge < -0.3 is 4.90 Å². The van der Waals surface area contributed by atoms with Crippen LogP contribution in [0.1, 0.15) is 78.0 Å². The molecule has 3 amide bonds. The van der Waals surface area contributed by atoms with Crippen LogP contribution in [0.2, 0.25) is 0 Å². The van der Waals surface area contributed by atoms with Gasteiger partial charge in [-0.2, -0.15) is 0 Å². The SMILES string of the molecule is CC1CCCN(C(=O)c2ccc3c(c2)C(=O)N(C(C)(C)C)C3=O)CC1. The first kappa shape index (κ1) is 17.6. The van der Waals surface area contributed by atoms with Gasteiger partial charge >= 0.3 is 0 Å². The fraction of sp³-hybridized carbons (Fsp3) is 0.550. The van der Waals surface area contributed by atoms with Crippen LogP contribution in [0.3, 0.4) is 0 Å². The lowest BCUT2D eigenvalue weighted by Crippen LogP contribution is -2.45. The molecule has 2 aliphatic heterocycles. The van der Waals surface area contributed by atoms with E-state index in [4.69, 9.17) is 0 Å². The van der Waals surface area contributed by atoms with Crippen molar-refractivity contribution < 1.29 is 14.4 Å². The van der Waals surface area contributed by atoms with Crippen LogP contribution >= 0.6 is 0 Å². The Labute approximate surface area is 149 Å². The van der Waals surface area contributed by atoms with Crippen LogP contribution in [0, 0.1) is 5.92 Å². The standard InChI is InChI=1S/C20H26N2O3/c1-13-6-5-10-21(11-9-13)17(23)14-7-8-15-16(12-14)19(25)22(18(15)24)20(2,3)4/h7-8,12-13H,5-6,9-11H2,1-4H3. The van der Waals surface area contributed by atoms with Crippen molar-refractivity contribution in [3.63, 3.8) is 0 Å². The summed E-state index contributed by atoms with van der Waals surface area (Å²) >= 11 is 0. The second-order valence-electron chi connectivity index (χ2n) is 8.21. The Morgan fingerprint density at radius 2 is 1.72 bits per heavy atom. The second-order valence-corrected chi connectivity index (χ2v) is 8.21. The van der Waals surface area contributed by atoms with Gasteiger partial charge in [0.15, 0.2) is 0 Å². The number of nitrogens with zero attached hydrogens (tertiary/aromatic N) is 2. The minimum Gasteiger partial charge on any atom is -0.339 e. The van der Waals surface area contributed by atoms with Gasteiger partial charge in [-0.1, -0.05) is 6.92 Å². The van der Waals surface area contributed by atoms with E-state index in [9.17, 15) is 14.4 Å². The largest absolute Gasteiger partial charge is 0.339 e. The van der Waals surface area contributed by atoms with Crippen LogP contribution in [-0.4, -0.2) is 46.1 Å². The first-order valence-corrected chi connectivity index (χ1v) is 9.02. The third kappa shape index (κ3) is 3.20. The molecule has 2 heterocycles. The number of benzene rings is 1. The summed E-state index contributed by atoms with van der Waals surface area (Å²) in [6, 6.07) is 4.89. The van der Waals surface area contributed by atoms with E-state index in [1.165, 1.54) is 4.90 Å². The van der Waals surface area contributed by atoms with Crippen LogP contribution < -0.4 is 0 Å². The molecule has 1 unspecified atom stereocenters. The van der Waals surface area contributed by atoms with E-state index in [0.717, 1.165) is 32.4 Å². The maximum absolute atomic E-state index is 12.8. The Morgan fingerprint density at radius 3 is 2.40 bits per heavy atom. The van der Waals surface area contributed by atoms with Gasteiger partial charge in [-0.25, -0.2) is 0 Å². The van der Waals surface area contributed by atoms with Gasteiger partial charge in [0.1, 0.15) is 0 Å². The fourth-order valence-electron chi connectivity index (χ4n) is 3.63. The maximum Gasteiger partial charge on any atom is 0.262 e. The number of likely N-dealkylation sites (tertiary alicyclic amines) is 1. The molecule has 0 aliphatic carbocycles. The highest BCUT2D eigenvalue weighted by Gasteiger charge is 2.42. The van der Waals surface area contributed by atoms with Crippen molar-refractivity contribution in [1.29, 1.82) is 0 Å². The summed E-state index contributed by atoms with van der Waals surface area (Å²) in [5.41, 5.74) is 0.637. The van der Waals surface area contributed by atoms with Crippen LogP contribution in [0.25, 0.3) is 0 Å². The number of amides is 3. The molecular weight excluding hydrogens is 316 g/mol. The van der Waals surface area contributed by atoms with E-state index >= 15 is 0 Å². The van der Waals surface area contributed by atoms with Crippen molar-refractivity contribution in [2.45, 2.75) is 52.5 Å². The van der Waals surface area contributed by atoms with Crippen molar-refractivity contribution in [2.75, 3.05) is 13.1 Å². The zero-order valence-electron chi connectivity index (χ0n) is 15.5. The quantitative estimate of drug-likeness (QED) is 0.736. The number of carbonyl (C=O) groups excluding carboxylic acids is 3. The van der Waals surface area contributed by atoms with Gasteiger partial charge in [-0.05, 0) is 64.2 Å². The molecule has 1 aromatic carbocycles. The molecular formula is C20H26N2O3. The summed E-state index contributed by atoms with van der Waals surface area (Å²) in [4.78, 5) is 41.2.